The van der Waals surface area contributed by atoms with Gasteiger partial charge in [0, 0.05) is 11.4 Å². The quantitative estimate of drug-likeness (QED) is 0.229. The molecule has 0 aliphatic rings. The summed E-state index contributed by atoms with van der Waals surface area (Å²) in [5, 5.41) is 0. The SMILES string of the molecule is Nc1ccc(OCCCCCCCCCCCCOc2ccc(N)cc2N)c(N)c1. The molecule has 0 saturated carbocycles. The normalized spacial score (nSPS) is 10.8. The summed E-state index contributed by atoms with van der Waals surface area (Å²) < 4.78 is 11.4. The first kappa shape index (κ1) is 23.5. The molecule has 0 fully saturated rings. The molecule has 0 radical (unpaired) electrons. The first-order valence-electron chi connectivity index (χ1n) is 11.1. The number of unbranched alkanes of at least 4 members (excludes halogenated alkanes) is 9. The van der Waals surface area contributed by atoms with Crippen LogP contribution in [0, 0.1) is 0 Å². The summed E-state index contributed by atoms with van der Waals surface area (Å²) in [4.78, 5) is 0. The van der Waals surface area contributed by atoms with Crippen LogP contribution in [0.1, 0.15) is 64.2 Å². The van der Waals surface area contributed by atoms with E-state index < -0.39 is 0 Å². The van der Waals surface area contributed by atoms with Crippen LogP contribution in [-0.2, 0) is 0 Å². The highest BCUT2D eigenvalue weighted by molar-refractivity contribution is 5.61. The van der Waals surface area contributed by atoms with Crippen molar-refractivity contribution in [2.24, 2.45) is 0 Å². The summed E-state index contributed by atoms with van der Waals surface area (Å²) in [5.74, 6) is 1.46. The number of anilines is 4. The number of hydrogen-bond donors (Lipinski definition) is 4. The van der Waals surface area contributed by atoms with Gasteiger partial charge in [0.15, 0.2) is 0 Å². The van der Waals surface area contributed by atoms with Crippen LogP contribution in [-0.4, -0.2) is 13.2 Å². The molecule has 0 unspecified atom stereocenters. The van der Waals surface area contributed by atoms with Crippen molar-refractivity contribution < 1.29 is 9.47 Å². The van der Waals surface area contributed by atoms with Gasteiger partial charge in [-0.05, 0) is 49.2 Å². The second kappa shape index (κ2) is 13.5. The van der Waals surface area contributed by atoms with Gasteiger partial charge in [-0.2, -0.15) is 0 Å². The summed E-state index contributed by atoms with van der Waals surface area (Å²) in [6.45, 7) is 1.41. The molecule has 0 bridgehead atoms. The van der Waals surface area contributed by atoms with Crippen LogP contribution in [0.2, 0.25) is 0 Å². The second-order valence-corrected chi connectivity index (χ2v) is 7.83. The molecule has 6 nitrogen and oxygen atoms in total. The van der Waals surface area contributed by atoms with Gasteiger partial charge in [0.1, 0.15) is 11.5 Å². The number of nitrogens with two attached hydrogens (primary N) is 4. The highest BCUT2D eigenvalue weighted by atomic mass is 16.5. The zero-order valence-electron chi connectivity index (χ0n) is 18.1. The summed E-state index contributed by atoms with van der Waals surface area (Å²) in [6.07, 6.45) is 12.2. The highest BCUT2D eigenvalue weighted by Gasteiger charge is 2.01. The Kier molecular flexibility index (Phi) is 10.6. The van der Waals surface area contributed by atoms with E-state index in [9.17, 15) is 0 Å². The number of rotatable bonds is 15. The Balaban J connectivity index is 1.35. The molecule has 8 N–H and O–H groups in total. The molecular weight excluding hydrogens is 376 g/mol. The molecule has 0 saturated heterocycles. The fourth-order valence-electron chi connectivity index (χ4n) is 3.38. The Morgan fingerprint density at radius 3 is 1.13 bits per heavy atom. The molecule has 0 aliphatic carbocycles. The molecule has 0 heterocycles. The van der Waals surface area contributed by atoms with Crippen LogP contribution in [0.3, 0.4) is 0 Å². The Morgan fingerprint density at radius 1 is 0.467 bits per heavy atom. The van der Waals surface area contributed by atoms with E-state index in [0.717, 1.165) is 24.3 Å². The number of nitrogen functional groups attached to an aromatic ring is 4. The van der Waals surface area contributed by atoms with E-state index in [0.29, 0.717) is 36.0 Å². The van der Waals surface area contributed by atoms with Gasteiger partial charge in [0.2, 0.25) is 0 Å². The Morgan fingerprint density at radius 2 is 0.800 bits per heavy atom. The first-order valence-corrected chi connectivity index (χ1v) is 11.1. The number of benzene rings is 2. The van der Waals surface area contributed by atoms with Gasteiger partial charge in [-0.1, -0.05) is 51.4 Å². The maximum Gasteiger partial charge on any atom is 0.142 e. The Hall–Kier alpha value is -2.76. The van der Waals surface area contributed by atoms with Gasteiger partial charge >= 0.3 is 0 Å². The van der Waals surface area contributed by atoms with E-state index >= 15 is 0 Å². The largest absolute Gasteiger partial charge is 0.491 e. The number of ether oxygens (including phenoxy) is 2. The van der Waals surface area contributed by atoms with Crippen molar-refractivity contribution in [3.8, 4) is 11.5 Å². The standard InChI is InChI=1S/C24H38N4O2/c25-19-11-13-23(21(27)17-19)29-15-9-7-5-3-1-2-4-6-8-10-16-30-24-14-12-20(26)18-22(24)28/h11-14,17-18H,1-10,15-16,25-28H2. The second-order valence-electron chi connectivity index (χ2n) is 7.83. The molecule has 166 valence electrons. The Labute approximate surface area is 180 Å². The summed E-state index contributed by atoms with van der Waals surface area (Å²) in [7, 11) is 0. The molecule has 0 amide bonds. The van der Waals surface area contributed by atoms with Crippen molar-refractivity contribution >= 4 is 22.7 Å². The van der Waals surface area contributed by atoms with Gasteiger partial charge in [-0.25, -0.2) is 0 Å². The molecule has 30 heavy (non-hydrogen) atoms. The van der Waals surface area contributed by atoms with Crippen LogP contribution in [0.4, 0.5) is 22.7 Å². The van der Waals surface area contributed by atoms with Crippen molar-refractivity contribution in [1.82, 2.24) is 0 Å². The van der Waals surface area contributed by atoms with Gasteiger partial charge in [0.25, 0.3) is 0 Å². The lowest BCUT2D eigenvalue weighted by Crippen LogP contribution is -2.01. The molecule has 0 aromatic heterocycles. The Bertz CT molecular complexity index is 688. The van der Waals surface area contributed by atoms with Gasteiger partial charge < -0.3 is 32.4 Å². The van der Waals surface area contributed by atoms with Crippen LogP contribution in [0.5, 0.6) is 11.5 Å². The van der Waals surface area contributed by atoms with Gasteiger partial charge in [-0.3, -0.25) is 0 Å². The molecule has 2 rings (SSSR count). The minimum atomic E-state index is 0.607. The predicted octanol–water partition coefficient (Wildman–Crippen LogP) is 5.37. The van der Waals surface area contributed by atoms with E-state index in [1.54, 1.807) is 12.1 Å². The lowest BCUT2D eigenvalue weighted by molar-refractivity contribution is 0.304. The minimum Gasteiger partial charge on any atom is -0.491 e. The zero-order valence-corrected chi connectivity index (χ0v) is 18.1. The third kappa shape index (κ3) is 9.16. The molecule has 0 spiro atoms. The lowest BCUT2D eigenvalue weighted by Gasteiger charge is -2.09. The van der Waals surface area contributed by atoms with E-state index in [1.165, 1.54) is 51.4 Å². The molecule has 2 aromatic rings. The van der Waals surface area contributed by atoms with Gasteiger partial charge in [0.05, 0.1) is 24.6 Å². The van der Waals surface area contributed by atoms with E-state index in [4.69, 9.17) is 32.4 Å². The van der Waals surface area contributed by atoms with Gasteiger partial charge in [-0.15, -0.1) is 0 Å². The topological polar surface area (TPSA) is 123 Å². The average molecular weight is 415 g/mol. The lowest BCUT2D eigenvalue weighted by atomic mass is 10.1. The third-order valence-corrected chi connectivity index (χ3v) is 5.12. The smallest absolute Gasteiger partial charge is 0.142 e. The maximum absolute atomic E-state index is 5.88. The molecule has 2 aromatic carbocycles. The average Bonchev–Trinajstić information content (AvgIpc) is 2.71. The molecule has 0 atom stereocenters. The van der Waals surface area contributed by atoms with Crippen LogP contribution < -0.4 is 32.4 Å². The zero-order chi connectivity index (χ0) is 21.6. The summed E-state index contributed by atoms with van der Waals surface area (Å²) in [5.41, 5.74) is 25.7. The van der Waals surface area contributed by atoms with Crippen molar-refractivity contribution in [3.05, 3.63) is 36.4 Å². The fraction of sp³-hybridized carbons (Fsp3) is 0.500. The predicted molar refractivity (Wildman–Crippen MR) is 128 cm³/mol. The van der Waals surface area contributed by atoms with Crippen molar-refractivity contribution in [2.45, 2.75) is 64.2 Å². The van der Waals surface area contributed by atoms with Crippen LogP contribution in [0.25, 0.3) is 0 Å². The summed E-state index contributed by atoms with van der Waals surface area (Å²) >= 11 is 0. The molecular formula is C24H38N4O2. The van der Waals surface area contributed by atoms with Crippen molar-refractivity contribution in [3.63, 3.8) is 0 Å². The monoisotopic (exact) mass is 414 g/mol. The van der Waals surface area contributed by atoms with Crippen LogP contribution >= 0.6 is 0 Å². The summed E-state index contributed by atoms with van der Waals surface area (Å²) in [6, 6.07) is 10.8. The van der Waals surface area contributed by atoms with Crippen molar-refractivity contribution in [1.29, 1.82) is 0 Å². The highest BCUT2D eigenvalue weighted by Crippen LogP contribution is 2.24. The van der Waals surface area contributed by atoms with Crippen molar-refractivity contribution in [2.75, 3.05) is 36.1 Å². The van der Waals surface area contributed by atoms with E-state index in [2.05, 4.69) is 0 Å². The van der Waals surface area contributed by atoms with Crippen LogP contribution in [0.15, 0.2) is 36.4 Å². The molecule has 0 aliphatic heterocycles. The first-order chi connectivity index (χ1) is 14.6. The fourth-order valence-corrected chi connectivity index (χ4v) is 3.38. The van der Waals surface area contributed by atoms with E-state index in [1.807, 2.05) is 24.3 Å². The third-order valence-electron chi connectivity index (χ3n) is 5.12. The van der Waals surface area contributed by atoms with E-state index in [-0.39, 0.29) is 0 Å². The maximum atomic E-state index is 5.88. The minimum absolute atomic E-state index is 0.607. The molecule has 6 heteroatoms. The number of hydrogen-bond acceptors (Lipinski definition) is 6.